The van der Waals surface area contributed by atoms with Gasteiger partial charge in [-0.15, -0.1) is 0 Å². The molecule has 0 radical (unpaired) electrons. The Morgan fingerprint density at radius 3 is 1.30 bits per heavy atom. The first-order chi connectivity index (χ1) is 28.9. The molecule has 4 aliphatic rings. The van der Waals surface area contributed by atoms with Gasteiger partial charge in [0.1, 0.15) is 22.9 Å². The molecule has 4 heterocycles. The SMILES string of the molecule is CC1(C)c2cc(Cl)c(Cl)cc2N(CCCCCCCCN2c3cc(Cl)c(Cl)cc3C(C)(C)C23C=Nc2c(ccc4ccccc24)O3)C12C=Nc1c(ccc3ccccc13)O2. The summed E-state index contributed by atoms with van der Waals surface area (Å²) in [5.41, 5.74) is 3.37. The number of hydrogen-bond acceptors (Lipinski definition) is 6. The average Bonchev–Trinajstić information content (AvgIpc) is 3.51. The van der Waals surface area contributed by atoms with E-state index in [0.717, 1.165) is 119 Å². The molecule has 6 aromatic carbocycles. The van der Waals surface area contributed by atoms with Gasteiger partial charge < -0.3 is 19.3 Å². The van der Waals surface area contributed by atoms with Crippen molar-refractivity contribution in [2.45, 2.75) is 88.5 Å². The number of hydrogen-bond donors (Lipinski definition) is 0. The van der Waals surface area contributed by atoms with Crippen molar-refractivity contribution in [3.8, 4) is 11.5 Å². The molecule has 0 aromatic heterocycles. The van der Waals surface area contributed by atoms with Crippen LogP contribution in [0.2, 0.25) is 20.1 Å². The lowest BCUT2D eigenvalue weighted by atomic mass is 9.77. The summed E-state index contributed by atoms with van der Waals surface area (Å²) in [4.78, 5) is 15.0. The second kappa shape index (κ2) is 14.6. The maximum Gasteiger partial charge on any atom is 0.228 e. The number of unbranched alkanes of at least 4 members (excludes halogenated alkanes) is 5. The van der Waals surface area contributed by atoms with Crippen molar-refractivity contribution in [1.82, 2.24) is 0 Å². The van der Waals surface area contributed by atoms with Gasteiger partial charge in [0.25, 0.3) is 0 Å². The van der Waals surface area contributed by atoms with Crippen molar-refractivity contribution >= 4 is 103 Å². The Balaban J connectivity index is 0.838. The zero-order valence-corrected chi connectivity index (χ0v) is 37.2. The van der Waals surface area contributed by atoms with Gasteiger partial charge in [0.05, 0.1) is 43.3 Å². The highest BCUT2D eigenvalue weighted by molar-refractivity contribution is 6.43. The summed E-state index contributed by atoms with van der Waals surface area (Å²) < 4.78 is 14.3. The van der Waals surface area contributed by atoms with Crippen molar-refractivity contribution < 1.29 is 9.47 Å². The number of anilines is 2. The molecule has 6 nitrogen and oxygen atoms in total. The summed E-state index contributed by atoms with van der Waals surface area (Å²) in [6.45, 7) is 10.4. The van der Waals surface area contributed by atoms with Crippen LogP contribution in [0.1, 0.15) is 77.3 Å². The Kier molecular flexibility index (Phi) is 9.64. The van der Waals surface area contributed by atoms with Crippen LogP contribution in [0, 0.1) is 0 Å². The number of rotatable bonds is 9. The molecule has 10 heteroatoms. The normalized spacial score (nSPS) is 21.3. The van der Waals surface area contributed by atoms with Crippen molar-refractivity contribution in [3.05, 3.63) is 128 Å². The monoisotopic (exact) mass is 874 g/mol. The van der Waals surface area contributed by atoms with Gasteiger partial charge in [-0.05, 0) is 98.8 Å². The maximum atomic E-state index is 7.13. The van der Waals surface area contributed by atoms with Crippen molar-refractivity contribution in [2.75, 3.05) is 22.9 Å². The highest BCUT2D eigenvalue weighted by Crippen LogP contribution is 2.58. The van der Waals surface area contributed by atoms with E-state index in [2.05, 4.69) is 73.9 Å². The number of benzene rings is 6. The molecule has 0 saturated carbocycles. The molecular weight excluding hydrogens is 830 g/mol. The van der Waals surface area contributed by atoms with Crippen LogP contribution in [-0.4, -0.2) is 37.0 Å². The van der Waals surface area contributed by atoms with E-state index in [1.165, 1.54) is 0 Å². The summed E-state index contributed by atoms with van der Waals surface area (Å²) in [6, 6.07) is 32.9. The van der Waals surface area contributed by atoms with Gasteiger partial charge in [0.2, 0.25) is 11.4 Å². The van der Waals surface area contributed by atoms with Gasteiger partial charge in [-0.25, -0.2) is 0 Å². The van der Waals surface area contributed by atoms with Gasteiger partial charge in [-0.1, -0.05) is 133 Å². The summed E-state index contributed by atoms with van der Waals surface area (Å²) in [5.74, 6) is 1.55. The van der Waals surface area contributed by atoms with E-state index in [9.17, 15) is 0 Å². The Morgan fingerprint density at radius 1 is 0.483 bits per heavy atom. The first-order valence-corrected chi connectivity index (χ1v) is 22.4. The van der Waals surface area contributed by atoms with Gasteiger partial charge in [0, 0.05) is 35.2 Å². The lowest BCUT2D eigenvalue weighted by molar-refractivity contribution is 0.0772. The summed E-state index contributed by atoms with van der Waals surface area (Å²) in [6.07, 6.45) is 10.3. The molecule has 306 valence electrons. The first kappa shape index (κ1) is 39.7. The topological polar surface area (TPSA) is 49.7 Å². The Bertz CT molecular complexity index is 2600. The molecule has 0 saturated heterocycles. The van der Waals surface area contributed by atoms with E-state index in [0.29, 0.717) is 20.1 Å². The maximum absolute atomic E-state index is 7.13. The first-order valence-electron chi connectivity index (χ1n) is 20.9. The number of aliphatic imine (C=N–C) groups is 2. The van der Waals surface area contributed by atoms with Gasteiger partial charge in [-0.3, -0.25) is 9.98 Å². The average molecular weight is 877 g/mol. The molecule has 60 heavy (non-hydrogen) atoms. The zero-order chi connectivity index (χ0) is 41.6. The Labute approximate surface area is 371 Å². The molecule has 4 aliphatic heterocycles. The van der Waals surface area contributed by atoms with E-state index in [1.807, 2.05) is 73.1 Å². The van der Waals surface area contributed by atoms with Crippen LogP contribution in [0.4, 0.5) is 22.7 Å². The number of ether oxygens (including phenoxy) is 2. The van der Waals surface area contributed by atoms with Crippen molar-refractivity contribution in [3.63, 3.8) is 0 Å². The lowest BCUT2D eigenvalue weighted by Crippen LogP contribution is -2.62. The Morgan fingerprint density at radius 2 is 0.867 bits per heavy atom. The third-order valence-corrected chi connectivity index (χ3v) is 15.1. The number of fused-ring (bicyclic) bond motifs is 8. The van der Waals surface area contributed by atoms with Gasteiger partial charge in [-0.2, -0.15) is 0 Å². The smallest absolute Gasteiger partial charge is 0.228 e. The van der Waals surface area contributed by atoms with Crippen LogP contribution in [0.15, 0.2) is 107 Å². The molecule has 0 aliphatic carbocycles. The standard InChI is InChI=1S/C50H46Cl4N4O2/c1-47(2)35-25-37(51)39(53)27-41(35)57(49(47)29-55-45-33-17-11-9-15-31(33)19-21-43(45)59-49)23-13-7-5-6-8-14-24-58-42-28-40(54)38(52)26-36(42)48(3,4)50(58)30-56-46-34-18-12-10-16-32(34)20-22-44(46)60-50/h9-12,15-22,25-30H,5-8,13-14,23-24H2,1-4H3. The van der Waals surface area contributed by atoms with Crippen LogP contribution in [0.5, 0.6) is 11.5 Å². The summed E-state index contributed by atoms with van der Waals surface area (Å²) in [7, 11) is 0. The van der Waals surface area contributed by atoms with E-state index in [-0.39, 0.29) is 0 Å². The molecule has 2 spiro atoms. The third-order valence-electron chi connectivity index (χ3n) is 13.6. The molecule has 0 bridgehead atoms. The molecule has 10 rings (SSSR count). The fourth-order valence-electron chi connectivity index (χ4n) is 10.2. The van der Waals surface area contributed by atoms with Crippen LogP contribution >= 0.6 is 46.4 Å². The second-order valence-electron chi connectivity index (χ2n) is 17.6. The van der Waals surface area contributed by atoms with Gasteiger partial charge in [0.15, 0.2) is 0 Å². The predicted octanol–water partition coefficient (Wildman–Crippen LogP) is 14.8. The number of nitrogens with zero attached hydrogens (tertiary/aromatic N) is 4. The highest BCUT2D eigenvalue weighted by Gasteiger charge is 2.61. The molecule has 2 unspecified atom stereocenters. The van der Waals surface area contributed by atoms with Crippen LogP contribution in [0.25, 0.3) is 21.5 Å². The fraction of sp³-hybridized carbons (Fsp3) is 0.320. The van der Waals surface area contributed by atoms with Crippen LogP contribution in [0.3, 0.4) is 0 Å². The molecular formula is C50H46Cl4N4O2. The largest absolute Gasteiger partial charge is 0.459 e. The minimum Gasteiger partial charge on any atom is -0.459 e. The highest BCUT2D eigenvalue weighted by atomic mass is 35.5. The summed E-state index contributed by atoms with van der Waals surface area (Å²) >= 11 is 26.7. The van der Waals surface area contributed by atoms with E-state index < -0.39 is 22.3 Å². The van der Waals surface area contributed by atoms with Crippen molar-refractivity contribution in [1.29, 1.82) is 0 Å². The minimum absolute atomic E-state index is 0.471. The third kappa shape index (κ3) is 5.88. The van der Waals surface area contributed by atoms with Gasteiger partial charge >= 0.3 is 0 Å². The second-order valence-corrected chi connectivity index (χ2v) is 19.3. The van der Waals surface area contributed by atoms with E-state index in [4.69, 9.17) is 65.9 Å². The van der Waals surface area contributed by atoms with E-state index in [1.54, 1.807) is 0 Å². The molecule has 6 aromatic rings. The quantitative estimate of drug-likeness (QED) is 0.136. The van der Waals surface area contributed by atoms with Crippen LogP contribution < -0.4 is 19.3 Å². The minimum atomic E-state index is -0.847. The molecule has 0 amide bonds. The number of halogens is 4. The predicted molar refractivity (Wildman–Crippen MR) is 252 cm³/mol. The molecule has 0 fully saturated rings. The fourth-order valence-corrected chi connectivity index (χ4v) is 10.8. The zero-order valence-electron chi connectivity index (χ0n) is 34.2. The Hall–Kier alpha value is -4.46. The summed E-state index contributed by atoms with van der Waals surface area (Å²) in [5, 5.41) is 6.57. The molecule has 2 atom stereocenters. The van der Waals surface area contributed by atoms with E-state index >= 15 is 0 Å². The lowest BCUT2D eigenvalue weighted by Gasteiger charge is -2.46. The molecule has 0 N–H and O–H groups in total. The van der Waals surface area contributed by atoms with Crippen molar-refractivity contribution in [2.24, 2.45) is 9.98 Å². The van der Waals surface area contributed by atoms with Crippen LogP contribution in [-0.2, 0) is 10.8 Å².